The number of carbonyl (C=O) groups is 4. The molecule has 15 nitrogen and oxygen atoms in total. The van der Waals surface area contributed by atoms with Gasteiger partial charge in [0.15, 0.2) is 17.3 Å². The normalized spacial score (nSPS) is 15.7. The van der Waals surface area contributed by atoms with Crippen molar-refractivity contribution in [3.05, 3.63) is 58.2 Å². The molecule has 298 valence electrons. The van der Waals surface area contributed by atoms with Crippen molar-refractivity contribution < 1.29 is 52.9 Å². The third-order valence-corrected chi connectivity index (χ3v) is 9.21. The van der Waals surface area contributed by atoms with Gasteiger partial charge in [-0.05, 0) is 61.9 Å². The number of phenols is 2. The number of carbonyl (C=O) groups excluding carboxylic acids is 4. The highest BCUT2D eigenvalue weighted by Crippen LogP contribution is 2.47. The number of aromatic hydroxyl groups is 2. The summed E-state index contributed by atoms with van der Waals surface area (Å²) in [6.07, 6.45) is 5.73. The van der Waals surface area contributed by atoms with Crippen LogP contribution in [0.1, 0.15) is 123 Å². The molecule has 0 fully saturated rings. The van der Waals surface area contributed by atoms with Gasteiger partial charge in [-0.1, -0.05) is 31.2 Å². The van der Waals surface area contributed by atoms with Crippen molar-refractivity contribution in [2.75, 3.05) is 34.4 Å². The number of amides is 2. The second kappa shape index (κ2) is 20.2. The molecule has 4 rings (SSSR count). The number of Topliss-reactive ketones (excluding diaryl/α,β-unsaturated/α-hetero) is 1. The van der Waals surface area contributed by atoms with E-state index < -0.39 is 29.6 Å². The molecule has 0 radical (unpaired) electrons. The molecule has 2 amide bonds. The first-order chi connectivity index (χ1) is 26.4. The van der Waals surface area contributed by atoms with Gasteiger partial charge in [0.2, 0.25) is 23.5 Å². The number of aromatic nitrogens is 2. The fourth-order valence-corrected chi connectivity index (χ4v) is 6.28. The molecule has 2 atom stereocenters. The molecule has 0 saturated carbocycles. The highest BCUT2D eigenvalue weighted by atomic mass is 16.5. The molecule has 2 aromatic carbocycles. The molecular weight excluding hydrogens is 712 g/mol. The predicted molar refractivity (Wildman–Crippen MR) is 202 cm³/mol. The van der Waals surface area contributed by atoms with E-state index in [1.165, 1.54) is 27.4 Å². The van der Waals surface area contributed by atoms with Gasteiger partial charge in [-0.15, -0.1) is 0 Å². The minimum atomic E-state index is -1.06. The molecule has 15 heteroatoms. The number of ketones is 1. The predicted octanol–water partition coefficient (Wildman–Crippen LogP) is 5.50. The van der Waals surface area contributed by atoms with Gasteiger partial charge in [0.1, 0.15) is 22.8 Å². The average Bonchev–Trinajstić information content (AvgIpc) is 3.62. The molecule has 0 aliphatic carbocycles. The standard InChI is InChI=1S/C40H52N4O11/c1-23(2)39-43-34(55-44-39)16-18-41-32(47)15-17-42-33(48)22-28(26-20-30(51-4)38(53-6)31(21-26)52-5)36-29(46)19-25-12-8-7-9-13-27(45)14-10-11-24(3)54-40(50)35(25)37(36)49/h8,12,19-21,23-24,28,46,49H,7,9-11,13-18,22H2,1-6H3,(H,41,47)(H,42,48)/t24-,28?/m0/s1. The van der Waals surface area contributed by atoms with Crippen molar-refractivity contribution in [3.63, 3.8) is 0 Å². The molecular formula is C40H52N4O11. The van der Waals surface area contributed by atoms with E-state index in [4.69, 9.17) is 23.5 Å². The number of ether oxygens (including phenoxy) is 4. The number of benzene rings is 2. The number of fused-ring (bicyclic) bond motifs is 1. The monoisotopic (exact) mass is 764 g/mol. The lowest BCUT2D eigenvalue weighted by Crippen LogP contribution is -2.32. The van der Waals surface area contributed by atoms with Crippen LogP contribution in [0.5, 0.6) is 28.7 Å². The number of rotatable bonds is 14. The van der Waals surface area contributed by atoms with Gasteiger partial charge in [0, 0.05) is 62.6 Å². The van der Waals surface area contributed by atoms with Crippen LogP contribution in [0.2, 0.25) is 0 Å². The highest BCUT2D eigenvalue weighted by molar-refractivity contribution is 5.98. The lowest BCUT2D eigenvalue weighted by Gasteiger charge is -2.24. The molecule has 4 N–H and O–H groups in total. The number of phenolic OH excluding ortho intramolecular Hbond substituents is 2. The van der Waals surface area contributed by atoms with Gasteiger partial charge in [0.05, 0.1) is 27.4 Å². The first kappa shape index (κ1) is 42.1. The summed E-state index contributed by atoms with van der Waals surface area (Å²) in [5.41, 5.74) is 0.308. The summed E-state index contributed by atoms with van der Waals surface area (Å²) in [4.78, 5) is 56.4. The minimum absolute atomic E-state index is 0.00649. The maximum atomic E-state index is 13.7. The summed E-state index contributed by atoms with van der Waals surface area (Å²) in [6, 6.07) is 4.52. The smallest absolute Gasteiger partial charge is 0.342 e. The zero-order valence-corrected chi connectivity index (χ0v) is 32.4. The Hall–Kier alpha value is -5.60. The van der Waals surface area contributed by atoms with Crippen LogP contribution in [0.25, 0.3) is 6.08 Å². The van der Waals surface area contributed by atoms with Crippen LogP contribution in [0.4, 0.5) is 0 Å². The highest BCUT2D eigenvalue weighted by Gasteiger charge is 2.32. The number of esters is 1. The molecule has 1 aromatic heterocycles. The zero-order valence-electron chi connectivity index (χ0n) is 32.4. The van der Waals surface area contributed by atoms with Crippen molar-refractivity contribution in [3.8, 4) is 28.7 Å². The number of nitrogens with one attached hydrogen (secondary N) is 2. The van der Waals surface area contributed by atoms with Gasteiger partial charge in [-0.25, -0.2) is 4.79 Å². The largest absolute Gasteiger partial charge is 0.507 e. The van der Waals surface area contributed by atoms with E-state index in [-0.39, 0.29) is 83.2 Å². The summed E-state index contributed by atoms with van der Waals surface area (Å²) < 4.78 is 27.6. The van der Waals surface area contributed by atoms with E-state index in [1.807, 2.05) is 13.8 Å². The zero-order chi connectivity index (χ0) is 40.1. The van der Waals surface area contributed by atoms with Crippen LogP contribution in [-0.4, -0.2) is 84.4 Å². The van der Waals surface area contributed by atoms with E-state index in [0.717, 1.165) is 0 Å². The Kier molecular flexibility index (Phi) is 15.5. The number of hydrogen-bond donors (Lipinski definition) is 4. The van der Waals surface area contributed by atoms with E-state index in [9.17, 15) is 29.4 Å². The Morgan fingerprint density at radius 1 is 0.964 bits per heavy atom. The molecule has 1 unspecified atom stereocenters. The third kappa shape index (κ3) is 11.4. The molecule has 0 saturated heterocycles. The van der Waals surface area contributed by atoms with Crippen molar-refractivity contribution in [2.45, 2.75) is 96.5 Å². The third-order valence-electron chi connectivity index (χ3n) is 9.21. The maximum Gasteiger partial charge on any atom is 0.342 e. The van der Waals surface area contributed by atoms with Gasteiger partial charge < -0.3 is 44.3 Å². The van der Waals surface area contributed by atoms with Crippen LogP contribution in [0.3, 0.4) is 0 Å². The van der Waals surface area contributed by atoms with Crippen LogP contribution in [-0.2, 0) is 25.5 Å². The Morgan fingerprint density at radius 3 is 2.31 bits per heavy atom. The molecule has 55 heavy (non-hydrogen) atoms. The van der Waals surface area contributed by atoms with Crippen molar-refractivity contribution in [1.82, 2.24) is 20.8 Å². The van der Waals surface area contributed by atoms with Crippen LogP contribution < -0.4 is 24.8 Å². The molecule has 2 heterocycles. The molecule has 3 aromatic rings. The lowest BCUT2D eigenvalue weighted by molar-refractivity contribution is -0.122. The van der Waals surface area contributed by atoms with E-state index in [2.05, 4.69) is 20.8 Å². The number of hydrogen-bond acceptors (Lipinski definition) is 13. The first-order valence-corrected chi connectivity index (χ1v) is 18.5. The Morgan fingerprint density at radius 2 is 1.65 bits per heavy atom. The number of cyclic esters (lactones) is 1. The SMILES string of the molecule is COc1cc(C(CC(=O)NCCC(=O)NCCc2nc(C(C)C)no2)c2c(O)cc3c(c2O)C(=O)O[C@@H](C)CCCC(=O)CCCC=C3)cc(OC)c1OC. The Balaban J connectivity index is 1.63. The number of nitrogens with zero attached hydrogens (tertiary/aromatic N) is 2. The summed E-state index contributed by atoms with van der Waals surface area (Å²) in [5.74, 6) is -1.60. The lowest BCUT2D eigenvalue weighted by atomic mass is 9.84. The Bertz CT molecular complexity index is 1830. The minimum Gasteiger partial charge on any atom is -0.507 e. The fourth-order valence-electron chi connectivity index (χ4n) is 6.28. The topological polar surface area (TPSA) is 209 Å². The van der Waals surface area contributed by atoms with Gasteiger partial charge in [-0.2, -0.15) is 4.98 Å². The van der Waals surface area contributed by atoms with Crippen LogP contribution >= 0.6 is 0 Å². The number of methoxy groups -OCH3 is 3. The second-order valence-electron chi connectivity index (χ2n) is 13.7. The van der Waals surface area contributed by atoms with Crippen molar-refractivity contribution in [1.29, 1.82) is 0 Å². The Labute approximate surface area is 320 Å². The van der Waals surface area contributed by atoms with E-state index >= 15 is 0 Å². The summed E-state index contributed by atoms with van der Waals surface area (Å²) in [7, 11) is 4.30. The summed E-state index contributed by atoms with van der Waals surface area (Å²) in [5, 5.41) is 32.9. The van der Waals surface area contributed by atoms with Crippen molar-refractivity contribution >= 4 is 29.6 Å². The summed E-state index contributed by atoms with van der Waals surface area (Å²) in [6.45, 7) is 5.87. The van der Waals surface area contributed by atoms with Crippen LogP contribution in [0, 0.1) is 0 Å². The molecule has 1 aliphatic rings. The van der Waals surface area contributed by atoms with Crippen molar-refractivity contribution in [2.24, 2.45) is 0 Å². The van der Waals surface area contributed by atoms with E-state index in [1.54, 1.807) is 31.2 Å². The van der Waals surface area contributed by atoms with Crippen LogP contribution in [0.15, 0.2) is 28.8 Å². The number of allylic oxidation sites excluding steroid dienone is 1. The maximum absolute atomic E-state index is 13.7. The summed E-state index contributed by atoms with van der Waals surface area (Å²) >= 11 is 0. The molecule has 1 aliphatic heterocycles. The second-order valence-corrected chi connectivity index (χ2v) is 13.7. The molecule has 0 bridgehead atoms. The van der Waals surface area contributed by atoms with E-state index in [0.29, 0.717) is 62.2 Å². The van der Waals surface area contributed by atoms with Gasteiger partial charge in [-0.3, -0.25) is 14.4 Å². The van der Waals surface area contributed by atoms with Gasteiger partial charge in [0.25, 0.3) is 0 Å². The molecule has 0 spiro atoms. The first-order valence-electron chi connectivity index (χ1n) is 18.5. The fraction of sp³-hybridized carbons (Fsp3) is 0.500. The quantitative estimate of drug-likeness (QED) is 0.150. The van der Waals surface area contributed by atoms with Gasteiger partial charge >= 0.3 is 5.97 Å². The average molecular weight is 765 g/mol.